The Kier molecular flexibility index (Phi) is 4.40. The SMILES string of the molecule is NNC(c1cncc(Br)c1)C1CCOC2(CCCC2)C1. The highest BCUT2D eigenvalue weighted by Crippen LogP contribution is 2.45. The van der Waals surface area contributed by atoms with Crippen molar-refractivity contribution in [3.8, 4) is 0 Å². The Labute approximate surface area is 128 Å². The van der Waals surface area contributed by atoms with Crippen LogP contribution in [-0.4, -0.2) is 17.2 Å². The first-order valence-electron chi connectivity index (χ1n) is 7.43. The van der Waals surface area contributed by atoms with Gasteiger partial charge in [0.05, 0.1) is 11.6 Å². The number of hydrazine groups is 1. The molecule has 0 bridgehead atoms. The van der Waals surface area contributed by atoms with Crippen molar-refractivity contribution in [3.63, 3.8) is 0 Å². The molecule has 1 aliphatic heterocycles. The monoisotopic (exact) mass is 339 g/mol. The summed E-state index contributed by atoms with van der Waals surface area (Å²) in [6, 6.07) is 2.26. The second-order valence-electron chi connectivity index (χ2n) is 6.07. The molecule has 1 saturated heterocycles. The maximum Gasteiger partial charge on any atom is 0.0686 e. The lowest BCUT2D eigenvalue weighted by atomic mass is 9.79. The normalized spacial score (nSPS) is 26.8. The molecule has 110 valence electrons. The zero-order chi connectivity index (χ0) is 14.0. The first-order chi connectivity index (χ1) is 9.72. The van der Waals surface area contributed by atoms with Gasteiger partial charge < -0.3 is 4.74 Å². The molecule has 1 aliphatic carbocycles. The Morgan fingerprint density at radius 2 is 2.20 bits per heavy atom. The van der Waals surface area contributed by atoms with E-state index in [1.54, 1.807) is 6.20 Å². The number of rotatable bonds is 3. The first-order valence-corrected chi connectivity index (χ1v) is 8.22. The molecule has 1 aromatic heterocycles. The van der Waals surface area contributed by atoms with Crippen molar-refractivity contribution in [1.82, 2.24) is 10.4 Å². The van der Waals surface area contributed by atoms with E-state index >= 15 is 0 Å². The van der Waals surface area contributed by atoms with Gasteiger partial charge >= 0.3 is 0 Å². The number of hydrogen-bond acceptors (Lipinski definition) is 4. The molecule has 0 aromatic carbocycles. The fourth-order valence-corrected chi connectivity index (χ4v) is 4.20. The van der Waals surface area contributed by atoms with Crippen LogP contribution in [0.5, 0.6) is 0 Å². The molecule has 2 atom stereocenters. The van der Waals surface area contributed by atoms with E-state index in [2.05, 4.69) is 32.4 Å². The molecule has 1 aromatic rings. The van der Waals surface area contributed by atoms with Crippen molar-refractivity contribution in [2.45, 2.75) is 50.2 Å². The molecule has 5 heteroatoms. The summed E-state index contributed by atoms with van der Waals surface area (Å²) in [5.41, 5.74) is 4.28. The van der Waals surface area contributed by atoms with Crippen molar-refractivity contribution >= 4 is 15.9 Å². The van der Waals surface area contributed by atoms with Crippen LogP contribution in [0.15, 0.2) is 22.9 Å². The average molecular weight is 340 g/mol. The molecule has 2 unspecified atom stereocenters. The summed E-state index contributed by atoms with van der Waals surface area (Å²) in [6.07, 6.45) is 10.9. The van der Waals surface area contributed by atoms with Crippen molar-refractivity contribution < 1.29 is 4.74 Å². The molecule has 0 amide bonds. The van der Waals surface area contributed by atoms with E-state index in [4.69, 9.17) is 10.6 Å². The lowest BCUT2D eigenvalue weighted by Gasteiger charge is -2.41. The number of nitrogens with zero attached hydrogens (tertiary/aromatic N) is 1. The van der Waals surface area contributed by atoms with Crippen LogP contribution in [0.2, 0.25) is 0 Å². The van der Waals surface area contributed by atoms with E-state index < -0.39 is 0 Å². The Balaban J connectivity index is 1.78. The third-order valence-corrected chi connectivity index (χ3v) is 5.22. The quantitative estimate of drug-likeness (QED) is 0.656. The third-order valence-electron chi connectivity index (χ3n) is 4.78. The Morgan fingerprint density at radius 3 is 2.90 bits per heavy atom. The molecule has 3 N–H and O–H groups in total. The van der Waals surface area contributed by atoms with Gasteiger partial charge in [0.1, 0.15) is 0 Å². The maximum absolute atomic E-state index is 6.12. The molecular weight excluding hydrogens is 318 g/mol. The van der Waals surface area contributed by atoms with Gasteiger partial charge in [-0.3, -0.25) is 16.3 Å². The van der Waals surface area contributed by atoms with E-state index in [0.29, 0.717) is 5.92 Å². The van der Waals surface area contributed by atoms with Gasteiger partial charge in [0, 0.05) is 23.5 Å². The number of aromatic nitrogens is 1. The molecule has 3 rings (SSSR count). The molecule has 4 nitrogen and oxygen atoms in total. The zero-order valence-corrected chi connectivity index (χ0v) is 13.2. The van der Waals surface area contributed by atoms with Crippen LogP contribution in [-0.2, 0) is 4.74 Å². The van der Waals surface area contributed by atoms with Crippen LogP contribution in [0, 0.1) is 5.92 Å². The summed E-state index contributed by atoms with van der Waals surface area (Å²) in [7, 11) is 0. The van der Waals surface area contributed by atoms with Crippen molar-refractivity contribution in [2.75, 3.05) is 6.61 Å². The molecule has 20 heavy (non-hydrogen) atoms. The number of nitrogens with one attached hydrogen (secondary N) is 1. The zero-order valence-electron chi connectivity index (χ0n) is 11.6. The summed E-state index contributed by atoms with van der Waals surface area (Å²) in [5, 5.41) is 0. The topological polar surface area (TPSA) is 60.2 Å². The van der Waals surface area contributed by atoms with Gasteiger partial charge in [-0.2, -0.15) is 0 Å². The van der Waals surface area contributed by atoms with Gasteiger partial charge in [-0.1, -0.05) is 12.8 Å². The summed E-state index contributed by atoms with van der Waals surface area (Å²) >= 11 is 3.49. The van der Waals surface area contributed by atoms with Gasteiger partial charge in [0.25, 0.3) is 0 Å². The largest absolute Gasteiger partial charge is 0.375 e. The standard InChI is InChI=1S/C15H22BrN3O/c16-13-7-12(9-18-10-13)14(19-17)11-3-6-20-15(8-11)4-1-2-5-15/h7,9-11,14,19H,1-6,8,17H2. The molecule has 1 spiro atoms. The maximum atomic E-state index is 6.12. The minimum absolute atomic E-state index is 0.122. The minimum Gasteiger partial charge on any atom is -0.375 e. The number of pyridine rings is 1. The predicted molar refractivity (Wildman–Crippen MR) is 81.9 cm³/mol. The average Bonchev–Trinajstić information content (AvgIpc) is 2.88. The summed E-state index contributed by atoms with van der Waals surface area (Å²) in [5.74, 6) is 6.36. The smallest absolute Gasteiger partial charge is 0.0686 e. The molecular formula is C15H22BrN3O. The first kappa shape index (κ1) is 14.4. The summed E-state index contributed by atoms with van der Waals surface area (Å²) in [4.78, 5) is 4.26. The lowest BCUT2D eigenvalue weighted by Crippen LogP contribution is -2.43. The number of nitrogens with two attached hydrogens (primary N) is 1. The fourth-order valence-electron chi connectivity index (χ4n) is 3.82. The highest BCUT2D eigenvalue weighted by Gasteiger charge is 2.42. The number of hydrogen-bond donors (Lipinski definition) is 2. The summed E-state index contributed by atoms with van der Waals surface area (Å²) < 4.78 is 7.12. The van der Waals surface area contributed by atoms with Crippen LogP contribution in [0.4, 0.5) is 0 Å². The summed E-state index contributed by atoms with van der Waals surface area (Å²) in [6.45, 7) is 0.851. The molecule has 2 fully saturated rings. The van der Waals surface area contributed by atoms with Crippen LogP contribution < -0.4 is 11.3 Å². The van der Waals surface area contributed by atoms with E-state index in [-0.39, 0.29) is 11.6 Å². The van der Waals surface area contributed by atoms with E-state index in [9.17, 15) is 0 Å². The molecule has 0 radical (unpaired) electrons. The van der Waals surface area contributed by atoms with E-state index in [1.165, 1.54) is 25.7 Å². The van der Waals surface area contributed by atoms with Crippen LogP contribution >= 0.6 is 15.9 Å². The highest BCUT2D eigenvalue weighted by atomic mass is 79.9. The fraction of sp³-hybridized carbons (Fsp3) is 0.667. The number of ether oxygens (including phenoxy) is 1. The highest BCUT2D eigenvalue weighted by molar-refractivity contribution is 9.10. The van der Waals surface area contributed by atoms with Crippen LogP contribution in [0.25, 0.3) is 0 Å². The van der Waals surface area contributed by atoms with Crippen molar-refractivity contribution in [2.24, 2.45) is 11.8 Å². The van der Waals surface area contributed by atoms with E-state index in [1.807, 2.05) is 6.20 Å². The number of halogens is 1. The molecule has 1 saturated carbocycles. The van der Waals surface area contributed by atoms with E-state index in [0.717, 1.165) is 29.5 Å². The second kappa shape index (κ2) is 6.10. The van der Waals surface area contributed by atoms with Gasteiger partial charge in [0.15, 0.2) is 0 Å². The predicted octanol–water partition coefficient (Wildman–Crippen LogP) is 3.09. The van der Waals surface area contributed by atoms with Gasteiger partial charge in [0.2, 0.25) is 0 Å². The van der Waals surface area contributed by atoms with Crippen LogP contribution in [0.1, 0.15) is 50.1 Å². The molecule has 2 aliphatic rings. The van der Waals surface area contributed by atoms with Crippen molar-refractivity contribution in [1.29, 1.82) is 0 Å². The lowest BCUT2D eigenvalue weighted by molar-refractivity contribution is -0.0982. The van der Waals surface area contributed by atoms with Crippen molar-refractivity contribution in [3.05, 3.63) is 28.5 Å². The van der Waals surface area contributed by atoms with Gasteiger partial charge in [-0.05, 0) is 59.2 Å². The minimum atomic E-state index is 0.122. The molecule has 2 heterocycles. The Bertz CT molecular complexity index is 462. The Hall–Kier alpha value is -0.490. The van der Waals surface area contributed by atoms with Crippen LogP contribution in [0.3, 0.4) is 0 Å². The van der Waals surface area contributed by atoms with Gasteiger partial charge in [-0.25, -0.2) is 0 Å². The third kappa shape index (κ3) is 2.91. The van der Waals surface area contributed by atoms with Gasteiger partial charge in [-0.15, -0.1) is 0 Å². The Morgan fingerprint density at radius 1 is 1.40 bits per heavy atom. The second-order valence-corrected chi connectivity index (χ2v) is 6.99.